The number of benzene rings is 2. The lowest BCUT2D eigenvalue weighted by atomic mass is 9.96. The molecule has 9 heteroatoms. The van der Waals surface area contributed by atoms with Crippen molar-refractivity contribution in [3.63, 3.8) is 0 Å². The summed E-state index contributed by atoms with van der Waals surface area (Å²) in [5.74, 6) is 2.42. The van der Waals surface area contributed by atoms with Crippen molar-refractivity contribution in [3.8, 4) is 22.9 Å². The summed E-state index contributed by atoms with van der Waals surface area (Å²) in [6.45, 7) is 3.94. The zero-order valence-corrected chi connectivity index (χ0v) is 20.5. The number of carbonyl (C=O) groups is 1. The van der Waals surface area contributed by atoms with E-state index in [1.54, 1.807) is 12.4 Å². The van der Waals surface area contributed by atoms with Crippen molar-refractivity contribution in [2.24, 2.45) is 0 Å². The van der Waals surface area contributed by atoms with E-state index in [1.807, 2.05) is 56.3 Å². The molecule has 0 saturated heterocycles. The Morgan fingerprint density at radius 1 is 1.17 bits per heavy atom. The minimum atomic E-state index is -0.150. The molecule has 4 aromatic rings. The lowest BCUT2D eigenvalue weighted by Crippen LogP contribution is -2.35. The van der Waals surface area contributed by atoms with Crippen LogP contribution in [0.15, 0.2) is 54.9 Å². The third kappa shape index (κ3) is 5.56. The highest BCUT2D eigenvalue weighted by Gasteiger charge is 2.20. The number of amides is 1. The van der Waals surface area contributed by atoms with Crippen molar-refractivity contribution in [2.75, 3.05) is 11.9 Å². The molecule has 9 nitrogen and oxygen atoms in total. The fraction of sp³-hybridized carbons (Fsp3) is 0.333. The molecule has 1 aliphatic carbocycles. The molecule has 1 saturated carbocycles. The van der Waals surface area contributed by atoms with Crippen LogP contribution in [-0.4, -0.2) is 44.8 Å². The number of aromatic nitrogens is 4. The van der Waals surface area contributed by atoms with Crippen molar-refractivity contribution in [1.29, 1.82) is 0 Å². The number of carbonyl (C=O) groups excluding carboxylic acids is 1. The molecule has 186 valence electrons. The van der Waals surface area contributed by atoms with E-state index in [2.05, 4.69) is 20.8 Å². The van der Waals surface area contributed by atoms with E-state index >= 15 is 0 Å². The van der Waals surface area contributed by atoms with Crippen LogP contribution in [0.2, 0.25) is 0 Å². The summed E-state index contributed by atoms with van der Waals surface area (Å²) in [5, 5.41) is 13.9. The Labute approximate surface area is 209 Å². The number of nitrogens with zero attached hydrogens (tertiary/aromatic N) is 3. The van der Waals surface area contributed by atoms with Crippen LogP contribution in [0, 0.1) is 0 Å². The summed E-state index contributed by atoms with van der Waals surface area (Å²) in [6, 6.07) is 13.4. The number of ether oxygens (including phenoxy) is 2. The van der Waals surface area contributed by atoms with E-state index in [1.165, 1.54) is 6.42 Å². The van der Waals surface area contributed by atoms with E-state index in [-0.39, 0.29) is 24.7 Å². The van der Waals surface area contributed by atoms with Crippen LogP contribution in [0.25, 0.3) is 22.3 Å². The largest absolute Gasteiger partial charge is 0.490 e. The Balaban J connectivity index is 1.43. The molecule has 1 fully saturated rings. The van der Waals surface area contributed by atoms with Crippen molar-refractivity contribution >= 4 is 28.3 Å². The van der Waals surface area contributed by atoms with E-state index in [0.717, 1.165) is 47.2 Å². The Kier molecular flexibility index (Phi) is 6.97. The molecule has 1 unspecified atom stereocenters. The van der Waals surface area contributed by atoms with Crippen LogP contribution >= 0.6 is 0 Å². The number of rotatable bonds is 10. The Morgan fingerprint density at radius 2 is 2.06 bits per heavy atom. The lowest BCUT2D eigenvalue weighted by molar-refractivity contribution is -0.123. The van der Waals surface area contributed by atoms with Gasteiger partial charge in [0.2, 0.25) is 0 Å². The second kappa shape index (κ2) is 10.6. The lowest BCUT2D eigenvalue weighted by Gasteiger charge is -2.26. The van der Waals surface area contributed by atoms with Crippen molar-refractivity contribution in [3.05, 3.63) is 54.9 Å². The van der Waals surface area contributed by atoms with E-state index < -0.39 is 0 Å². The SMILES string of the molecule is CCC(C)NC(=O)COc1cccc(-c2nc(Nc3cn[nH]c3)c3cc(OC4CCC4)ccc3n2)c1. The molecule has 5 rings (SSSR count). The van der Waals surface area contributed by atoms with Gasteiger partial charge in [-0.25, -0.2) is 9.97 Å². The van der Waals surface area contributed by atoms with Gasteiger partial charge >= 0.3 is 0 Å². The topological polar surface area (TPSA) is 114 Å². The van der Waals surface area contributed by atoms with E-state index in [9.17, 15) is 4.79 Å². The molecule has 0 bridgehead atoms. The quantitative estimate of drug-likeness (QED) is 0.289. The second-order valence-electron chi connectivity index (χ2n) is 9.05. The number of nitrogens with one attached hydrogen (secondary N) is 3. The molecule has 1 atom stereocenters. The number of fused-ring (bicyclic) bond motifs is 1. The molecular formula is C27H30N6O3. The van der Waals surface area contributed by atoms with Gasteiger partial charge in [0, 0.05) is 23.2 Å². The number of H-pyrrole nitrogens is 1. The molecule has 36 heavy (non-hydrogen) atoms. The number of hydrogen-bond donors (Lipinski definition) is 3. The average molecular weight is 487 g/mol. The van der Waals surface area contributed by atoms with Gasteiger partial charge in [0.05, 0.1) is 23.5 Å². The van der Waals surface area contributed by atoms with Crippen molar-refractivity contribution < 1.29 is 14.3 Å². The van der Waals surface area contributed by atoms with Gasteiger partial charge in [0.25, 0.3) is 5.91 Å². The fourth-order valence-electron chi connectivity index (χ4n) is 3.83. The zero-order valence-electron chi connectivity index (χ0n) is 20.5. The molecule has 1 amide bonds. The predicted molar refractivity (Wildman–Crippen MR) is 139 cm³/mol. The highest BCUT2D eigenvalue weighted by atomic mass is 16.5. The molecule has 2 heterocycles. The van der Waals surface area contributed by atoms with Crippen molar-refractivity contribution in [1.82, 2.24) is 25.5 Å². The Hall–Kier alpha value is -4.14. The van der Waals surface area contributed by atoms with Gasteiger partial charge in [-0.3, -0.25) is 9.89 Å². The van der Waals surface area contributed by atoms with Gasteiger partial charge in [0.15, 0.2) is 12.4 Å². The predicted octanol–water partition coefficient (Wildman–Crippen LogP) is 4.99. The molecular weight excluding hydrogens is 456 g/mol. The Bertz CT molecular complexity index is 1340. The van der Waals surface area contributed by atoms with Crippen LogP contribution < -0.4 is 20.1 Å². The first kappa shape index (κ1) is 23.6. The molecule has 2 aromatic carbocycles. The molecule has 0 spiro atoms. The smallest absolute Gasteiger partial charge is 0.258 e. The molecule has 2 aromatic heterocycles. The highest BCUT2D eigenvalue weighted by molar-refractivity contribution is 5.93. The van der Waals surface area contributed by atoms with Crippen LogP contribution in [-0.2, 0) is 4.79 Å². The fourth-order valence-corrected chi connectivity index (χ4v) is 3.83. The molecule has 3 N–H and O–H groups in total. The van der Waals surface area contributed by atoms with Crippen molar-refractivity contribution in [2.45, 2.75) is 51.7 Å². The normalized spacial score (nSPS) is 14.2. The number of aromatic amines is 1. The first-order chi connectivity index (χ1) is 17.6. The minimum Gasteiger partial charge on any atom is -0.490 e. The third-order valence-corrected chi connectivity index (χ3v) is 6.27. The molecule has 1 aliphatic rings. The van der Waals surface area contributed by atoms with E-state index in [4.69, 9.17) is 19.4 Å². The second-order valence-corrected chi connectivity index (χ2v) is 9.05. The number of hydrogen-bond acceptors (Lipinski definition) is 7. The standard InChI is InChI=1S/C27H30N6O3/c1-3-17(2)30-25(34)16-35-21-9-4-6-18(12-21)26-32-24-11-10-22(36-20-7-5-8-20)13-23(24)27(33-26)31-19-14-28-29-15-19/h4,6,9-15,17,20H,3,5,7-8,16H2,1-2H3,(H,28,29)(H,30,34)(H,31,32,33). The maximum Gasteiger partial charge on any atom is 0.258 e. The first-order valence-corrected chi connectivity index (χ1v) is 12.3. The minimum absolute atomic E-state index is 0.0521. The van der Waals surface area contributed by atoms with Gasteiger partial charge < -0.3 is 20.1 Å². The summed E-state index contributed by atoms with van der Waals surface area (Å²) in [5.41, 5.74) is 2.35. The summed E-state index contributed by atoms with van der Waals surface area (Å²) >= 11 is 0. The summed E-state index contributed by atoms with van der Waals surface area (Å²) in [4.78, 5) is 21.8. The monoisotopic (exact) mass is 486 g/mol. The zero-order chi connectivity index (χ0) is 24.9. The summed E-state index contributed by atoms with van der Waals surface area (Å²) < 4.78 is 11.8. The maximum absolute atomic E-state index is 12.1. The summed E-state index contributed by atoms with van der Waals surface area (Å²) in [7, 11) is 0. The maximum atomic E-state index is 12.1. The van der Waals surface area contributed by atoms with Gasteiger partial charge in [-0.2, -0.15) is 5.10 Å². The van der Waals surface area contributed by atoms with Gasteiger partial charge in [-0.15, -0.1) is 0 Å². The van der Waals surface area contributed by atoms with Gasteiger partial charge in [-0.1, -0.05) is 19.1 Å². The van der Waals surface area contributed by atoms with Gasteiger partial charge in [-0.05, 0) is 62.9 Å². The van der Waals surface area contributed by atoms with Crippen LogP contribution in [0.1, 0.15) is 39.5 Å². The molecule has 0 aliphatic heterocycles. The highest BCUT2D eigenvalue weighted by Crippen LogP contribution is 2.32. The van der Waals surface area contributed by atoms with Crippen LogP contribution in [0.5, 0.6) is 11.5 Å². The third-order valence-electron chi connectivity index (χ3n) is 6.27. The van der Waals surface area contributed by atoms with Crippen LogP contribution in [0.4, 0.5) is 11.5 Å². The summed E-state index contributed by atoms with van der Waals surface area (Å²) in [6.07, 6.45) is 8.00. The van der Waals surface area contributed by atoms with E-state index in [0.29, 0.717) is 17.4 Å². The first-order valence-electron chi connectivity index (χ1n) is 12.3. The molecule has 0 radical (unpaired) electrons. The van der Waals surface area contributed by atoms with Gasteiger partial charge in [0.1, 0.15) is 17.3 Å². The number of anilines is 2. The Morgan fingerprint density at radius 3 is 2.81 bits per heavy atom. The average Bonchev–Trinajstić information content (AvgIpc) is 3.38. The van der Waals surface area contributed by atoms with Crippen LogP contribution in [0.3, 0.4) is 0 Å².